The number of benzene rings is 1. The Hall–Kier alpha value is -2.18. The van der Waals surface area contributed by atoms with Gasteiger partial charge >= 0.3 is 0 Å². The summed E-state index contributed by atoms with van der Waals surface area (Å²) in [5, 5.41) is 8.33. The first kappa shape index (κ1) is 13.3. The number of hydrogen-bond acceptors (Lipinski definition) is 5. The molecule has 0 spiro atoms. The van der Waals surface area contributed by atoms with Crippen molar-refractivity contribution in [1.29, 1.82) is 0 Å². The van der Waals surface area contributed by atoms with E-state index in [2.05, 4.69) is 20.4 Å². The largest absolute Gasteiger partial charge is 1.00 e. The molecule has 0 radical (unpaired) electrons. The van der Waals surface area contributed by atoms with Crippen molar-refractivity contribution in [2.24, 2.45) is 15.1 Å². The number of amidine groups is 1. The molecule has 0 aromatic heterocycles. The van der Waals surface area contributed by atoms with E-state index in [4.69, 9.17) is 4.74 Å². The number of hydrogen-bond donors (Lipinski definition) is 2. The van der Waals surface area contributed by atoms with Gasteiger partial charge in [0.25, 0.3) is 11.8 Å². The van der Waals surface area contributed by atoms with Gasteiger partial charge in [-0.05, 0) is 17.2 Å². The molecule has 0 saturated carbocycles. The van der Waals surface area contributed by atoms with E-state index in [9.17, 15) is 0 Å². The predicted molar refractivity (Wildman–Crippen MR) is 70.1 cm³/mol. The lowest BCUT2D eigenvalue weighted by atomic mass is 10.3. The summed E-state index contributed by atoms with van der Waals surface area (Å²) in [6.07, 6.45) is 5.23. The molecule has 7 heteroatoms. The Kier molecular flexibility index (Phi) is 3.94. The second-order valence-corrected chi connectivity index (χ2v) is 3.77. The smallest absolute Gasteiger partial charge is 0.286 e. The molecule has 1 atom stereocenters. The Morgan fingerprint density at radius 1 is 1.32 bits per heavy atom. The van der Waals surface area contributed by atoms with Gasteiger partial charge in [-0.1, -0.05) is 6.07 Å². The van der Waals surface area contributed by atoms with Crippen LogP contribution in [-0.4, -0.2) is 25.1 Å². The van der Waals surface area contributed by atoms with Crippen molar-refractivity contribution in [3.63, 3.8) is 0 Å². The number of halogens is 1. The molecule has 1 aromatic rings. The van der Waals surface area contributed by atoms with Gasteiger partial charge in [-0.15, -0.1) is 5.01 Å². The van der Waals surface area contributed by atoms with Gasteiger partial charge in [-0.3, -0.25) is 4.99 Å². The van der Waals surface area contributed by atoms with Gasteiger partial charge in [0.05, 0.1) is 13.3 Å². The number of aliphatic imine (C=N–C) groups is 2. The SMILES string of the molecule is COc1cccc(NC2=N[NH+]3C=CN=CC3=N2)c1.[Cl-]. The van der Waals surface area contributed by atoms with Crippen molar-refractivity contribution in [2.45, 2.75) is 0 Å². The molecule has 0 bridgehead atoms. The maximum Gasteiger partial charge on any atom is 0.286 e. The molecule has 2 heterocycles. The van der Waals surface area contributed by atoms with Crippen LogP contribution in [0.4, 0.5) is 5.69 Å². The number of nitrogens with zero attached hydrogens (tertiary/aromatic N) is 3. The van der Waals surface area contributed by atoms with Crippen molar-refractivity contribution in [1.82, 2.24) is 0 Å². The van der Waals surface area contributed by atoms with E-state index in [0.717, 1.165) is 22.3 Å². The quantitative estimate of drug-likeness (QED) is 0.615. The van der Waals surface area contributed by atoms with Crippen molar-refractivity contribution in [3.8, 4) is 5.75 Å². The summed E-state index contributed by atoms with van der Waals surface area (Å²) in [6, 6.07) is 7.61. The highest BCUT2D eigenvalue weighted by Crippen LogP contribution is 2.16. The van der Waals surface area contributed by atoms with Crippen LogP contribution in [0.15, 0.2) is 51.8 Å². The van der Waals surface area contributed by atoms with Crippen LogP contribution in [0, 0.1) is 0 Å². The predicted octanol–water partition coefficient (Wildman–Crippen LogP) is -2.77. The van der Waals surface area contributed by atoms with Crippen molar-refractivity contribution >= 4 is 23.7 Å². The summed E-state index contributed by atoms with van der Waals surface area (Å²) < 4.78 is 5.16. The minimum atomic E-state index is 0. The lowest BCUT2D eigenvalue weighted by Gasteiger charge is -2.04. The van der Waals surface area contributed by atoms with Gasteiger partial charge in [0.1, 0.15) is 18.2 Å². The maximum absolute atomic E-state index is 5.16. The third-order valence-electron chi connectivity index (χ3n) is 2.56. The number of anilines is 1. The van der Waals surface area contributed by atoms with Crippen LogP contribution in [0.1, 0.15) is 0 Å². The van der Waals surface area contributed by atoms with Crippen LogP contribution in [0.5, 0.6) is 5.75 Å². The highest BCUT2D eigenvalue weighted by atomic mass is 35.5. The summed E-state index contributed by atoms with van der Waals surface area (Å²) in [4.78, 5) is 8.35. The molecule has 1 aromatic carbocycles. The third kappa shape index (κ3) is 2.81. The monoisotopic (exact) mass is 277 g/mol. The number of rotatable bonds is 2. The third-order valence-corrected chi connectivity index (χ3v) is 2.56. The van der Waals surface area contributed by atoms with Crippen LogP contribution in [0.25, 0.3) is 0 Å². The van der Waals surface area contributed by atoms with Gasteiger partial charge in [-0.25, -0.2) is 0 Å². The van der Waals surface area contributed by atoms with Crippen LogP contribution >= 0.6 is 0 Å². The molecule has 2 aliphatic rings. The molecule has 3 rings (SSSR count). The summed E-state index contributed by atoms with van der Waals surface area (Å²) in [5.41, 5.74) is 0.887. The van der Waals surface area contributed by atoms with Gasteiger partial charge < -0.3 is 22.5 Å². The van der Waals surface area contributed by atoms with E-state index in [0.29, 0.717) is 5.96 Å². The Labute approximate surface area is 116 Å². The average molecular weight is 278 g/mol. The number of nitrogens with one attached hydrogen (secondary N) is 2. The number of methoxy groups -OCH3 is 1. The standard InChI is InChI=1S/C12H11N5O.ClH/c1-18-10-4-2-3-9(7-10)14-12-15-11-8-13-5-6-17(11)16-12;/h2-8H,1H3,(H,14,16);1H. The minimum Gasteiger partial charge on any atom is -1.00 e. The van der Waals surface area contributed by atoms with Gasteiger partial charge in [-0.2, -0.15) is 4.99 Å². The molecule has 1 unspecified atom stereocenters. The van der Waals surface area contributed by atoms with E-state index in [1.54, 1.807) is 19.5 Å². The summed E-state index contributed by atoms with van der Waals surface area (Å²) in [5.74, 6) is 2.13. The zero-order valence-corrected chi connectivity index (χ0v) is 10.9. The van der Waals surface area contributed by atoms with Crippen LogP contribution < -0.4 is 27.5 Å². The Bertz CT molecular complexity index is 594. The molecule has 0 amide bonds. The van der Waals surface area contributed by atoms with Gasteiger partial charge in [0.2, 0.25) is 0 Å². The molecule has 2 N–H and O–H groups in total. The molecule has 0 aliphatic carbocycles. The number of fused-ring (bicyclic) bond motifs is 1. The lowest BCUT2D eigenvalue weighted by Crippen LogP contribution is -3.05. The molecular formula is C12H12ClN5O. The number of guanidine groups is 1. The molecule has 2 aliphatic heterocycles. The topological polar surface area (TPSA) is 62.8 Å². The number of quaternary nitrogens is 1. The lowest BCUT2D eigenvalue weighted by molar-refractivity contribution is -0.748. The molecule has 19 heavy (non-hydrogen) atoms. The first-order valence-corrected chi connectivity index (χ1v) is 5.51. The fourth-order valence-electron chi connectivity index (χ4n) is 1.70. The highest BCUT2D eigenvalue weighted by molar-refractivity contribution is 6.29. The summed E-state index contributed by atoms with van der Waals surface area (Å²) in [6.45, 7) is 0. The van der Waals surface area contributed by atoms with Gasteiger partial charge in [0, 0.05) is 11.8 Å². The normalized spacial score (nSPS) is 19.1. The maximum atomic E-state index is 5.16. The molecule has 98 valence electrons. The van der Waals surface area contributed by atoms with Gasteiger partial charge in [0.15, 0.2) is 0 Å². The Morgan fingerprint density at radius 3 is 3.00 bits per heavy atom. The van der Waals surface area contributed by atoms with Crippen LogP contribution in [0.2, 0.25) is 0 Å². The summed E-state index contributed by atoms with van der Waals surface area (Å²) in [7, 11) is 1.64. The first-order chi connectivity index (χ1) is 8.85. The average Bonchev–Trinajstić information content (AvgIpc) is 2.81. The van der Waals surface area contributed by atoms with Crippen molar-refractivity contribution < 1.29 is 22.2 Å². The van der Waals surface area contributed by atoms with E-state index in [1.807, 2.05) is 30.5 Å². The second kappa shape index (κ2) is 5.64. The molecule has 0 saturated heterocycles. The summed E-state index contributed by atoms with van der Waals surface area (Å²) >= 11 is 0. The molecule has 0 fully saturated rings. The fourth-order valence-corrected chi connectivity index (χ4v) is 1.70. The van der Waals surface area contributed by atoms with E-state index in [-0.39, 0.29) is 12.4 Å². The van der Waals surface area contributed by atoms with E-state index in [1.165, 1.54) is 0 Å². The van der Waals surface area contributed by atoms with Crippen molar-refractivity contribution in [2.75, 3.05) is 12.4 Å². The highest BCUT2D eigenvalue weighted by Gasteiger charge is 2.24. The zero-order valence-electron chi connectivity index (χ0n) is 10.2. The van der Waals surface area contributed by atoms with Crippen LogP contribution in [0.3, 0.4) is 0 Å². The molecule has 6 nitrogen and oxygen atoms in total. The van der Waals surface area contributed by atoms with Crippen LogP contribution in [-0.2, 0) is 0 Å². The molecular weight excluding hydrogens is 266 g/mol. The fraction of sp³-hybridized carbons (Fsp3) is 0.0833. The Balaban J connectivity index is 0.00000133. The second-order valence-electron chi connectivity index (χ2n) is 3.77. The first-order valence-electron chi connectivity index (χ1n) is 5.51. The van der Waals surface area contributed by atoms with E-state index < -0.39 is 0 Å². The Morgan fingerprint density at radius 2 is 2.21 bits per heavy atom. The number of ether oxygens (including phenoxy) is 1. The van der Waals surface area contributed by atoms with E-state index >= 15 is 0 Å². The van der Waals surface area contributed by atoms with Crippen molar-refractivity contribution in [3.05, 3.63) is 36.7 Å². The zero-order chi connectivity index (χ0) is 12.4. The minimum absolute atomic E-state index is 0.